The van der Waals surface area contributed by atoms with Crippen LogP contribution in [0.1, 0.15) is 41.0 Å². The molecule has 0 spiro atoms. The minimum atomic E-state index is 0.793. The third-order valence-corrected chi connectivity index (χ3v) is 2.87. The second-order valence-corrected chi connectivity index (χ2v) is 5.07. The van der Waals surface area contributed by atoms with Crippen molar-refractivity contribution >= 4 is 0 Å². The van der Waals surface area contributed by atoms with E-state index in [9.17, 15) is 0 Å². The van der Waals surface area contributed by atoms with Crippen LogP contribution in [0.5, 0.6) is 0 Å². The van der Waals surface area contributed by atoms with Crippen LogP contribution in [0.3, 0.4) is 0 Å². The van der Waals surface area contributed by atoms with Crippen LogP contribution in [0.4, 0.5) is 0 Å². The topological polar surface area (TPSA) is 12.0 Å². The van der Waals surface area contributed by atoms with Crippen molar-refractivity contribution < 1.29 is 0 Å². The molecule has 13 heavy (non-hydrogen) atoms. The van der Waals surface area contributed by atoms with Crippen molar-refractivity contribution in [3.05, 3.63) is 0 Å². The molecular weight excluding hydrogens is 158 g/mol. The maximum Gasteiger partial charge on any atom is -0.00185 e. The minimum Gasteiger partial charge on any atom is -0.319 e. The van der Waals surface area contributed by atoms with Gasteiger partial charge in [-0.2, -0.15) is 0 Å². The zero-order valence-electron chi connectivity index (χ0n) is 10.2. The molecule has 0 aromatic carbocycles. The molecule has 0 radical (unpaired) electrons. The Balaban J connectivity index is 4.02. The molecule has 0 amide bonds. The number of hydrogen-bond acceptors (Lipinski definition) is 1. The van der Waals surface area contributed by atoms with Crippen LogP contribution in [-0.4, -0.2) is 13.6 Å². The summed E-state index contributed by atoms with van der Waals surface area (Å²) < 4.78 is 0. The Morgan fingerprint density at radius 1 is 1.00 bits per heavy atom. The van der Waals surface area contributed by atoms with E-state index in [4.69, 9.17) is 0 Å². The smallest absolute Gasteiger partial charge is 0.00185 e. The van der Waals surface area contributed by atoms with E-state index in [1.54, 1.807) is 0 Å². The van der Waals surface area contributed by atoms with Gasteiger partial charge in [-0.15, -0.1) is 0 Å². The number of nitrogens with one attached hydrogen (secondary N) is 1. The zero-order chi connectivity index (χ0) is 10.4. The van der Waals surface area contributed by atoms with Crippen molar-refractivity contribution in [1.82, 2.24) is 5.32 Å². The van der Waals surface area contributed by atoms with E-state index >= 15 is 0 Å². The van der Waals surface area contributed by atoms with E-state index in [-0.39, 0.29) is 0 Å². The lowest BCUT2D eigenvalue weighted by Gasteiger charge is -2.28. The van der Waals surface area contributed by atoms with Crippen LogP contribution < -0.4 is 5.32 Å². The summed E-state index contributed by atoms with van der Waals surface area (Å²) in [6.07, 6.45) is 1.35. The fraction of sp³-hybridized carbons (Fsp3) is 1.00. The monoisotopic (exact) mass is 185 g/mol. The first kappa shape index (κ1) is 13.0. The Labute approximate surface area is 84.3 Å². The molecule has 0 bridgehead atoms. The lowest BCUT2D eigenvalue weighted by atomic mass is 9.80. The van der Waals surface area contributed by atoms with Gasteiger partial charge in [-0.05, 0) is 43.7 Å². The summed E-state index contributed by atoms with van der Waals surface area (Å²) in [5, 5.41) is 3.30. The summed E-state index contributed by atoms with van der Waals surface area (Å²) in [6, 6.07) is 0. The number of hydrogen-bond donors (Lipinski definition) is 1. The standard InChI is InChI=1S/C12H27N/c1-9(2)7-11(5)12(8-13-6)10(3)4/h9-13H,7-8H2,1-6H3. The summed E-state index contributed by atoms with van der Waals surface area (Å²) in [5.41, 5.74) is 0. The average Bonchev–Trinajstić information content (AvgIpc) is 1.97. The summed E-state index contributed by atoms with van der Waals surface area (Å²) in [6.45, 7) is 12.8. The van der Waals surface area contributed by atoms with E-state index < -0.39 is 0 Å². The molecule has 0 aliphatic rings. The molecule has 0 saturated heterocycles. The molecule has 2 unspecified atom stereocenters. The summed E-state index contributed by atoms with van der Waals surface area (Å²) >= 11 is 0. The van der Waals surface area contributed by atoms with E-state index in [0.29, 0.717) is 0 Å². The minimum absolute atomic E-state index is 0.793. The molecule has 2 atom stereocenters. The third kappa shape index (κ3) is 5.30. The van der Waals surface area contributed by atoms with Gasteiger partial charge in [0.15, 0.2) is 0 Å². The van der Waals surface area contributed by atoms with Gasteiger partial charge < -0.3 is 5.32 Å². The van der Waals surface area contributed by atoms with Gasteiger partial charge in [-0.1, -0.05) is 34.6 Å². The van der Waals surface area contributed by atoms with Crippen molar-refractivity contribution in [2.75, 3.05) is 13.6 Å². The summed E-state index contributed by atoms with van der Waals surface area (Å²) in [7, 11) is 2.05. The highest BCUT2D eigenvalue weighted by molar-refractivity contribution is 4.72. The van der Waals surface area contributed by atoms with Gasteiger partial charge >= 0.3 is 0 Å². The predicted octanol–water partition coefficient (Wildman–Crippen LogP) is 3.16. The second kappa shape index (κ2) is 6.42. The quantitative estimate of drug-likeness (QED) is 0.670. The van der Waals surface area contributed by atoms with Gasteiger partial charge in [0, 0.05) is 0 Å². The molecule has 1 heteroatoms. The van der Waals surface area contributed by atoms with Gasteiger partial charge in [0.25, 0.3) is 0 Å². The Bertz CT molecular complexity index is 118. The number of rotatable bonds is 6. The molecule has 0 aliphatic heterocycles. The van der Waals surface area contributed by atoms with Crippen LogP contribution in [0, 0.1) is 23.7 Å². The van der Waals surface area contributed by atoms with E-state index in [0.717, 1.165) is 30.2 Å². The lowest BCUT2D eigenvalue weighted by Crippen LogP contribution is -2.29. The molecule has 0 aliphatic carbocycles. The van der Waals surface area contributed by atoms with Crippen molar-refractivity contribution in [3.8, 4) is 0 Å². The van der Waals surface area contributed by atoms with Gasteiger partial charge in [0.05, 0.1) is 0 Å². The van der Waals surface area contributed by atoms with Crippen molar-refractivity contribution in [2.45, 2.75) is 41.0 Å². The lowest BCUT2D eigenvalue weighted by molar-refractivity contribution is 0.234. The third-order valence-electron chi connectivity index (χ3n) is 2.87. The molecule has 0 heterocycles. The zero-order valence-corrected chi connectivity index (χ0v) is 10.2. The Hall–Kier alpha value is -0.0400. The molecule has 0 aromatic rings. The first-order valence-electron chi connectivity index (χ1n) is 5.63. The highest BCUT2D eigenvalue weighted by Crippen LogP contribution is 2.25. The molecule has 1 N–H and O–H groups in total. The van der Waals surface area contributed by atoms with Crippen LogP contribution in [-0.2, 0) is 0 Å². The second-order valence-electron chi connectivity index (χ2n) is 5.07. The molecule has 80 valence electrons. The highest BCUT2D eigenvalue weighted by atomic mass is 14.8. The van der Waals surface area contributed by atoms with E-state index in [1.807, 2.05) is 0 Å². The molecule has 0 aromatic heterocycles. The highest BCUT2D eigenvalue weighted by Gasteiger charge is 2.20. The SMILES string of the molecule is CNCC(C(C)C)C(C)CC(C)C. The van der Waals surface area contributed by atoms with Crippen molar-refractivity contribution in [3.63, 3.8) is 0 Å². The van der Waals surface area contributed by atoms with E-state index in [2.05, 4.69) is 47.0 Å². The van der Waals surface area contributed by atoms with E-state index in [1.165, 1.54) is 6.42 Å². The van der Waals surface area contributed by atoms with Gasteiger partial charge in [0.2, 0.25) is 0 Å². The predicted molar refractivity (Wildman–Crippen MR) is 60.9 cm³/mol. The molecule has 0 saturated carbocycles. The Kier molecular flexibility index (Phi) is 6.40. The van der Waals surface area contributed by atoms with Gasteiger partial charge in [-0.25, -0.2) is 0 Å². The van der Waals surface area contributed by atoms with Crippen LogP contribution in [0.15, 0.2) is 0 Å². The van der Waals surface area contributed by atoms with Crippen molar-refractivity contribution in [2.24, 2.45) is 23.7 Å². The average molecular weight is 185 g/mol. The summed E-state index contributed by atoms with van der Waals surface area (Å²) in [4.78, 5) is 0. The summed E-state index contributed by atoms with van der Waals surface area (Å²) in [5.74, 6) is 3.29. The normalized spacial score (nSPS) is 16.6. The molecule has 0 fully saturated rings. The fourth-order valence-electron chi connectivity index (χ4n) is 2.25. The maximum absolute atomic E-state index is 3.30. The molecular formula is C12H27N. The Morgan fingerprint density at radius 3 is 1.85 bits per heavy atom. The first-order chi connectivity index (χ1) is 5.99. The van der Waals surface area contributed by atoms with Crippen LogP contribution in [0.2, 0.25) is 0 Å². The van der Waals surface area contributed by atoms with Gasteiger partial charge in [-0.3, -0.25) is 0 Å². The first-order valence-corrected chi connectivity index (χ1v) is 5.63. The van der Waals surface area contributed by atoms with Crippen LogP contribution in [0.25, 0.3) is 0 Å². The van der Waals surface area contributed by atoms with Crippen LogP contribution >= 0.6 is 0 Å². The molecule has 1 nitrogen and oxygen atoms in total. The Morgan fingerprint density at radius 2 is 1.54 bits per heavy atom. The van der Waals surface area contributed by atoms with Crippen molar-refractivity contribution in [1.29, 1.82) is 0 Å². The maximum atomic E-state index is 3.30. The molecule has 0 rings (SSSR count). The largest absolute Gasteiger partial charge is 0.319 e. The van der Waals surface area contributed by atoms with Gasteiger partial charge in [0.1, 0.15) is 0 Å². The fourth-order valence-corrected chi connectivity index (χ4v) is 2.25.